The molecule has 1 aliphatic heterocycles. The highest BCUT2D eigenvalue weighted by atomic mass is 19.2. The van der Waals surface area contributed by atoms with E-state index in [4.69, 9.17) is 14.2 Å². The van der Waals surface area contributed by atoms with Crippen LogP contribution in [0, 0.1) is 11.6 Å². The summed E-state index contributed by atoms with van der Waals surface area (Å²) in [5.74, 6) is -2.80. The molecule has 0 N–H and O–H groups in total. The van der Waals surface area contributed by atoms with Crippen molar-refractivity contribution in [1.29, 1.82) is 0 Å². The summed E-state index contributed by atoms with van der Waals surface area (Å²) < 4.78 is 44.3. The summed E-state index contributed by atoms with van der Waals surface area (Å²) in [5.41, 5.74) is -0.823. The van der Waals surface area contributed by atoms with E-state index in [0.717, 1.165) is 18.9 Å². The van der Waals surface area contributed by atoms with Crippen molar-refractivity contribution >= 4 is 5.91 Å². The Morgan fingerprint density at radius 2 is 2.00 bits per heavy atom. The van der Waals surface area contributed by atoms with Gasteiger partial charge in [-0.2, -0.15) is 0 Å². The summed E-state index contributed by atoms with van der Waals surface area (Å²) in [6, 6.07) is 1.98. The number of rotatable bonds is 4. The molecule has 138 valence electrons. The molecule has 3 rings (SSSR count). The zero-order valence-electron chi connectivity index (χ0n) is 14.7. The van der Waals surface area contributed by atoms with Gasteiger partial charge in [0.05, 0.1) is 24.9 Å². The lowest BCUT2D eigenvalue weighted by Gasteiger charge is -2.43. The number of hydrogen-bond acceptors (Lipinski definition) is 4. The molecule has 1 saturated carbocycles. The average molecular weight is 355 g/mol. The molecule has 1 heterocycles. The van der Waals surface area contributed by atoms with E-state index in [0.29, 0.717) is 19.4 Å². The van der Waals surface area contributed by atoms with E-state index in [9.17, 15) is 13.6 Å². The molecule has 25 heavy (non-hydrogen) atoms. The largest absolute Gasteiger partial charge is 0.496 e. The van der Waals surface area contributed by atoms with E-state index in [1.807, 2.05) is 0 Å². The van der Waals surface area contributed by atoms with Gasteiger partial charge >= 0.3 is 0 Å². The molecule has 0 aromatic heterocycles. The Balaban J connectivity index is 1.97. The molecule has 0 spiro atoms. The van der Waals surface area contributed by atoms with Gasteiger partial charge in [-0.1, -0.05) is 0 Å². The highest BCUT2D eigenvalue weighted by molar-refractivity contribution is 5.97. The van der Waals surface area contributed by atoms with Gasteiger partial charge in [-0.15, -0.1) is 0 Å². The van der Waals surface area contributed by atoms with Crippen LogP contribution in [-0.4, -0.2) is 56.4 Å². The van der Waals surface area contributed by atoms with Crippen LogP contribution in [0.15, 0.2) is 12.1 Å². The first kappa shape index (κ1) is 18.1. The molecule has 1 aromatic rings. The van der Waals surface area contributed by atoms with E-state index in [-0.39, 0.29) is 23.5 Å². The van der Waals surface area contributed by atoms with E-state index in [1.165, 1.54) is 13.2 Å². The van der Waals surface area contributed by atoms with Crippen LogP contribution in [0.5, 0.6) is 5.75 Å². The molecule has 0 radical (unpaired) electrons. The summed E-state index contributed by atoms with van der Waals surface area (Å²) >= 11 is 0. The van der Waals surface area contributed by atoms with Gasteiger partial charge in [0.2, 0.25) is 0 Å². The Bertz CT molecular complexity index is 669. The second kappa shape index (κ2) is 6.88. The number of amides is 1. The Morgan fingerprint density at radius 3 is 2.64 bits per heavy atom. The smallest absolute Gasteiger partial charge is 0.261 e. The zero-order valence-corrected chi connectivity index (χ0v) is 14.7. The van der Waals surface area contributed by atoms with Gasteiger partial charge in [0.25, 0.3) is 5.91 Å². The molecular formula is C18H23F2NO4. The number of likely N-dealkylation sites (tertiary alicyclic amines) is 1. The third-order valence-corrected chi connectivity index (χ3v) is 5.63. The van der Waals surface area contributed by atoms with E-state index in [1.54, 1.807) is 19.1 Å². The van der Waals surface area contributed by atoms with Gasteiger partial charge in [0.15, 0.2) is 11.6 Å². The number of hydrogen-bond donors (Lipinski definition) is 0. The van der Waals surface area contributed by atoms with Gasteiger partial charge in [-0.25, -0.2) is 8.78 Å². The number of nitrogens with zero attached hydrogens (tertiary/aromatic N) is 1. The number of carbonyl (C=O) groups is 1. The summed E-state index contributed by atoms with van der Waals surface area (Å²) in [6.45, 7) is 0.423. The van der Waals surface area contributed by atoms with Crippen molar-refractivity contribution < 1.29 is 27.8 Å². The minimum Gasteiger partial charge on any atom is -0.496 e. The topological polar surface area (TPSA) is 48.0 Å². The van der Waals surface area contributed by atoms with Gasteiger partial charge in [-0.3, -0.25) is 4.79 Å². The van der Waals surface area contributed by atoms with Crippen LogP contribution in [0.2, 0.25) is 0 Å². The maximum atomic E-state index is 14.3. The third kappa shape index (κ3) is 2.89. The highest BCUT2D eigenvalue weighted by Gasteiger charge is 2.53. The van der Waals surface area contributed by atoms with Crippen LogP contribution >= 0.6 is 0 Å². The second-order valence-electron chi connectivity index (χ2n) is 6.60. The summed E-state index contributed by atoms with van der Waals surface area (Å²) in [5, 5.41) is 0. The number of benzene rings is 1. The number of fused-ring (bicyclic) bond motifs is 1. The van der Waals surface area contributed by atoms with Crippen LogP contribution in [0.4, 0.5) is 8.78 Å². The lowest BCUT2D eigenvalue weighted by Crippen LogP contribution is -2.53. The molecule has 1 aliphatic carbocycles. The predicted octanol–water partition coefficient (Wildman–Crippen LogP) is 2.77. The SMILES string of the molecule is COc1ccc(F)c(F)c1C(=O)N1CC[C@]2(OC)CC[C@H](OC)C[C@H]12. The Kier molecular flexibility index (Phi) is 4.97. The quantitative estimate of drug-likeness (QED) is 0.833. The first-order valence-corrected chi connectivity index (χ1v) is 8.38. The lowest BCUT2D eigenvalue weighted by molar-refractivity contribution is -0.0894. The van der Waals surface area contributed by atoms with Crippen LogP contribution in [0.25, 0.3) is 0 Å². The van der Waals surface area contributed by atoms with Crippen molar-refractivity contribution in [2.75, 3.05) is 27.9 Å². The van der Waals surface area contributed by atoms with Gasteiger partial charge in [0, 0.05) is 20.8 Å². The Hall–Kier alpha value is -1.73. The standard InChI is InChI=1S/C18H23F2NO4/c1-23-11-6-7-18(25-3)8-9-21(14(18)10-11)17(22)15-13(24-2)5-4-12(19)16(15)20/h4-5,11,14H,6-10H2,1-3H3/t11-,14-,18+/m0/s1. The zero-order chi connectivity index (χ0) is 18.2. The van der Waals surface area contributed by atoms with E-state index in [2.05, 4.69) is 0 Å². The molecule has 3 atom stereocenters. The molecule has 2 aliphatic rings. The van der Waals surface area contributed by atoms with Crippen molar-refractivity contribution in [1.82, 2.24) is 4.90 Å². The monoisotopic (exact) mass is 355 g/mol. The molecule has 0 unspecified atom stereocenters. The summed E-state index contributed by atoms with van der Waals surface area (Å²) in [4.78, 5) is 14.6. The number of carbonyl (C=O) groups excluding carboxylic acids is 1. The predicted molar refractivity (Wildman–Crippen MR) is 86.7 cm³/mol. The number of ether oxygens (including phenoxy) is 3. The fraction of sp³-hybridized carbons (Fsp3) is 0.611. The fourth-order valence-corrected chi connectivity index (χ4v) is 4.17. The summed E-state index contributed by atoms with van der Waals surface area (Å²) in [6.07, 6.45) is 2.89. The molecule has 1 saturated heterocycles. The van der Waals surface area contributed by atoms with E-state index < -0.39 is 23.1 Å². The maximum Gasteiger partial charge on any atom is 0.261 e. The van der Waals surface area contributed by atoms with E-state index >= 15 is 0 Å². The minimum absolute atomic E-state index is 0.0147. The normalized spacial score (nSPS) is 28.8. The van der Waals surface area contributed by atoms with Crippen LogP contribution in [0.1, 0.15) is 36.0 Å². The first-order chi connectivity index (χ1) is 12.0. The third-order valence-electron chi connectivity index (χ3n) is 5.63. The highest BCUT2D eigenvalue weighted by Crippen LogP contribution is 2.44. The molecule has 7 heteroatoms. The molecule has 2 fully saturated rings. The molecule has 0 bridgehead atoms. The molecule has 1 amide bonds. The van der Waals surface area contributed by atoms with Gasteiger partial charge in [0.1, 0.15) is 11.3 Å². The number of halogens is 2. The first-order valence-electron chi connectivity index (χ1n) is 8.38. The van der Waals surface area contributed by atoms with Gasteiger partial charge < -0.3 is 19.1 Å². The van der Waals surface area contributed by atoms with Crippen molar-refractivity contribution in [3.05, 3.63) is 29.3 Å². The minimum atomic E-state index is -1.18. The maximum absolute atomic E-state index is 14.3. The Labute approximate surface area is 145 Å². The number of methoxy groups -OCH3 is 3. The van der Waals surface area contributed by atoms with Crippen molar-refractivity contribution in [3.8, 4) is 5.75 Å². The molecule has 1 aromatic carbocycles. The van der Waals surface area contributed by atoms with Gasteiger partial charge in [-0.05, 0) is 37.8 Å². The van der Waals surface area contributed by atoms with Crippen LogP contribution < -0.4 is 4.74 Å². The molecule has 5 nitrogen and oxygen atoms in total. The second-order valence-corrected chi connectivity index (χ2v) is 6.60. The Morgan fingerprint density at radius 1 is 1.24 bits per heavy atom. The van der Waals surface area contributed by atoms with Crippen molar-refractivity contribution in [2.45, 2.75) is 43.4 Å². The van der Waals surface area contributed by atoms with Crippen LogP contribution in [0.3, 0.4) is 0 Å². The lowest BCUT2D eigenvalue weighted by atomic mass is 9.79. The fourth-order valence-electron chi connectivity index (χ4n) is 4.17. The molecular weight excluding hydrogens is 332 g/mol. The van der Waals surface area contributed by atoms with Crippen LogP contribution in [-0.2, 0) is 9.47 Å². The van der Waals surface area contributed by atoms with Crippen molar-refractivity contribution in [2.24, 2.45) is 0 Å². The summed E-state index contributed by atoms with van der Waals surface area (Å²) in [7, 11) is 4.60. The van der Waals surface area contributed by atoms with Crippen molar-refractivity contribution in [3.63, 3.8) is 0 Å². The average Bonchev–Trinajstić information content (AvgIpc) is 3.02.